The largest absolute Gasteiger partial charge is 0.493 e. The van der Waals surface area contributed by atoms with Crippen molar-refractivity contribution in [3.63, 3.8) is 0 Å². The summed E-state index contributed by atoms with van der Waals surface area (Å²) in [7, 11) is 5.37. The Morgan fingerprint density at radius 2 is 1.45 bits per heavy atom. The minimum atomic E-state index is -0.284. The number of rotatable bonds is 30. The fraction of sp³-hybridized carbons (Fsp3) is 0.476. The second-order valence-corrected chi connectivity index (χ2v) is 22.4. The van der Waals surface area contributed by atoms with E-state index in [2.05, 4.69) is 55.7 Å². The first-order valence-corrected chi connectivity index (χ1v) is 29.6. The monoisotopic (exact) mass is 1150 g/mol. The van der Waals surface area contributed by atoms with Gasteiger partial charge in [0.1, 0.15) is 23.1 Å². The third kappa shape index (κ3) is 16.3. The molecule has 8 rings (SSSR count). The summed E-state index contributed by atoms with van der Waals surface area (Å²) in [6.07, 6.45) is 11.3. The summed E-state index contributed by atoms with van der Waals surface area (Å²) in [6.45, 7) is 17.4. The molecular weight excluding hydrogens is 1070 g/mol. The molecule has 3 aromatic carbocycles. The zero-order chi connectivity index (χ0) is 59.9. The number of nitrogen functional groups attached to an aromatic ring is 1. The van der Waals surface area contributed by atoms with Crippen LogP contribution in [-0.4, -0.2) is 136 Å². The number of anilines is 2. The topological polar surface area (TPSA) is 241 Å². The van der Waals surface area contributed by atoms with Crippen LogP contribution in [-0.2, 0) is 30.2 Å². The standard InChI is InChI=1S/C63H85N13O8/c1-9-28-82-47-33-48(35-49(34-47)84-57-37-56-55(36-53(57)64)72(7)63(81)73(56)8)83-29-16-15-22-71(6)41-60(78)65-20-14-12-10-11-13-17-59(77)66-21-23-74-24-26-75(27-25-74)58-19-18-45(38-67-58)46-31-50(52-40-69-76(42(2)3)54(52)32-46)61(79)68-39-51-43(4)30-44(5)70-62(51)80/h18-19,30-38,40,42H,9-17,20-29,39,41,64H2,1-8H3,(H,65,78)(H,66,77)(H,68,79)(H,70,80). The van der Waals surface area contributed by atoms with Crippen molar-refractivity contribution in [3.8, 4) is 34.1 Å². The predicted molar refractivity (Wildman–Crippen MR) is 331 cm³/mol. The molecule has 7 aromatic rings. The number of hydrogen-bond donors (Lipinski definition) is 5. The number of nitrogens with one attached hydrogen (secondary N) is 4. The summed E-state index contributed by atoms with van der Waals surface area (Å²) in [5.41, 5.74) is 13.0. The number of fused-ring (bicyclic) bond motifs is 2. The van der Waals surface area contributed by atoms with Crippen LogP contribution >= 0.6 is 0 Å². The molecule has 84 heavy (non-hydrogen) atoms. The van der Waals surface area contributed by atoms with Gasteiger partial charge in [0, 0.05) is 132 Å². The molecule has 450 valence electrons. The van der Waals surface area contributed by atoms with E-state index in [0.29, 0.717) is 84.6 Å². The Kier molecular flexibility index (Phi) is 21.6. The second kappa shape index (κ2) is 29.4. The lowest BCUT2D eigenvalue weighted by molar-refractivity contribution is -0.122. The van der Waals surface area contributed by atoms with Crippen LogP contribution in [0.15, 0.2) is 82.6 Å². The summed E-state index contributed by atoms with van der Waals surface area (Å²) >= 11 is 0. The van der Waals surface area contributed by atoms with Crippen molar-refractivity contribution in [1.29, 1.82) is 0 Å². The molecule has 1 aliphatic rings. The highest BCUT2D eigenvalue weighted by Gasteiger charge is 2.22. The number of unbranched alkanes of at least 4 members (excludes halogenated alkanes) is 5. The minimum absolute atomic E-state index is 0.00815. The number of imidazole rings is 1. The van der Waals surface area contributed by atoms with Crippen LogP contribution in [0.2, 0.25) is 0 Å². The Labute approximate surface area is 491 Å². The maximum absolute atomic E-state index is 13.8. The highest BCUT2D eigenvalue weighted by molar-refractivity contribution is 6.08. The molecule has 1 saturated heterocycles. The highest BCUT2D eigenvalue weighted by Crippen LogP contribution is 2.36. The molecule has 0 atom stereocenters. The van der Waals surface area contributed by atoms with Crippen molar-refractivity contribution in [2.75, 3.05) is 89.8 Å². The van der Waals surface area contributed by atoms with Crippen molar-refractivity contribution in [2.45, 2.75) is 105 Å². The molecule has 5 heterocycles. The first-order chi connectivity index (χ1) is 40.5. The number of aromatic nitrogens is 6. The van der Waals surface area contributed by atoms with Gasteiger partial charge < -0.3 is 45.8 Å². The number of likely N-dealkylation sites (N-methyl/N-ethyl adjacent to an activating group) is 1. The van der Waals surface area contributed by atoms with E-state index < -0.39 is 0 Å². The number of benzene rings is 3. The SMILES string of the molecule is CCCOc1cc(OCCCCN(C)CC(=O)NCCCCCCCC(=O)NCCN2CCN(c3ccc(-c4cc(C(=O)NCc5c(C)cc(C)[nH]c5=O)c5cnn(C(C)C)c5c4)cn3)CC2)cc(Oc2cc3c(cc2N)n(C)c(=O)n3C)c1. The summed E-state index contributed by atoms with van der Waals surface area (Å²) in [6, 6.07) is 18.9. The number of ether oxygens (including phenoxy) is 3. The molecule has 4 aromatic heterocycles. The number of carbonyl (C=O) groups excluding carboxylic acids is 3. The molecule has 21 heteroatoms. The Bertz CT molecular complexity index is 3500. The van der Waals surface area contributed by atoms with Crippen molar-refractivity contribution < 1.29 is 28.6 Å². The lowest BCUT2D eigenvalue weighted by atomic mass is 10.0. The van der Waals surface area contributed by atoms with Crippen molar-refractivity contribution in [2.24, 2.45) is 14.1 Å². The van der Waals surface area contributed by atoms with E-state index in [1.54, 1.807) is 53.7 Å². The van der Waals surface area contributed by atoms with Crippen LogP contribution in [0.25, 0.3) is 33.1 Å². The van der Waals surface area contributed by atoms with Gasteiger partial charge in [-0.25, -0.2) is 9.78 Å². The first-order valence-electron chi connectivity index (χ1n) is 29.6. The maximum atomic E-state index is 13.8. The maximum Gasteiger partial charge on any atom is 0.328 e. The van der Waals surface area contributed by atoms with Gasteiger partial charge in [-0.05, 0) is 121 Å². The molecule has 0 unspecified atom stereocenters. The van der Waals surface area contributed by atoms with Crippen LogP contribution in [0.3, 0.4) is 0 Å². The number of nitrogens with two attached hydrogens (primary N) is 1. The van der Waals surface area contributed by atoms with Gasteiger partial charge in [0.2, 0.25) is 11.8 Å². The minimum Gasteiger partial charge on any atom is -0.493 e. The number of H-pyrrole nitrogens is 1. The average Bonchev–Trinajstić information content (AvgIpc) is 2.53. The Hall–Kier alpha value is -8.17. The van der Waals surface area contributed by atoms with E-state index in [4.69, 9.17) is 24.9 Å². The summed E-state index contributed by atoms with van der Waals surface area (Å²) in [5, 5.41) is 14.5. The molecular formula is C63H85N13O8. The zero-order valence-corrected chi connectivity index (χ0v) is 50.3. The molecule has 0 spiro atoms. The summed E-state index contributed by atoms with van der Waals surface area (Å²) in [5.74, 6) is 2.85. The normalized spacial score (nSPS) is 12.9. The van der Waals surface area contributed by atoms with E-state index in [1.807, 2.05) is 73.9 Å². The third-order valence-corrected chi connectivity index (χ3v) is 15.4. The van der Waals surface area contributed by atoms with Crippen molar-refractivity contribution in [3.05, 3.63) is 116 Å². The molecule has 0 radical (unpaired) electrons. The van der Waals surface area contributed by atoms with E-state index in [1.165, 1.54) is 0 Å². The number of amides is 3. The fourth-order valence-corrected chi connectivity index (χ4v) is 10.6. The van der Waals surface area contributed by atoms with Crippen LogP contribution in [0.1, 0.15) is 112 Å². The van der Waals surface area contributed by atoms with E-state index in [9.17, 15) is 24.0 Å². The van der Waals surface area contributed by atoms with E-state index >= 15 is 0 Å². The fourth-order valence-electron chi connectivity index (χ4n) is 10.6. The van der Waals surface area contributed by atoms with Gasteiger partial charge in [-0.3, -0.25) is 42.8 Å². The van der Waals surface area contributed by atoms with Crippen LogP contribution in [0.4, 0.5) is 11.5 Å². The van der Waals surface area contributed by atoms with Gasteiger partial charge >= 0.3 is 5.69 Å². The van der Waals surface area contributed by atoms with Gasteiger partial charge in [0.25, 0.3) is 11.5 Å². The number of piperazine rings is 1. The number of aryl methyl sites for hydroxylation is 4. The zero-order valence-electron chi connectivity index (χ0n) is 50.3. The summed E-state index contributed by atoms with van der Waals surface area (Å²) in [4.78, 5) is 78.6. The van der Waals surface area contributed by atoms with Gasteiger partial charge in [0.05, 0.1) is 53.8 Å². The van der Waals surface area contributed by atoms with Gasteiger partial charge in [-0.15, -0.1) is 0 Å². The second-order valence-electron chi connectivity index (χ2n) is 22.4. The molecule has 6 N–H and O–H groups in total. The molecule has 0 saturated carbocycles. The van der Waals surface area contributed by atoms with Crippen LogP contribution in [0, 0.1) is 13.8 Å². The molecule has 1 fully saturated rings. The molecule has 0 aliphatic carbocycles. The number of hydrogen-bond acceptors (Lipinski definition) is 14. The highest BCUT2D eigenvalue weighted by atomic mass is 16.5. The lowest BCUT2D eigenvalue weighted by Gasteiger charge is -2.35. The molecule has 0 bridgehead atoms. The molecule has 3 amide bonds. The smallest absolute Gasteiger partial charge is 0.328 e. The quantitative estimate of drug-likeness (QED) is 0.0214. The molecule has 21 nitrogen and oxygen atoms in total. The van der Waals surface area contributed by atoms with E-state index in [-0.39, 0.29) is 41.6 Å². The number of aromatic amines is 1. The molecule has 1 aliphatic heterocycles. The summed E-state index contributed by atoms with van der Waals surface area (Å²) < 4.78 is 23.3. The van der Waals surface area contributed by atoms with Gasteiger partial charge in [-0.1, -0.05) is 26.2 Å². The number of pyridine rings is 2. The van der Waals surface area contributed by atoms with Gasteiger partial charge in [-0.2, -0.15) is 5.10 Å². The lowest BCUT2D eigenvalue weighted by Crippen LogP contribution is -2.48. The van der Waals surface area contributed by atoms with E-state index in [0.717, 1.165) is 135 Å². The Morgan fingerprint density at radius 1 is 0.750 bits per heavy atom. The van der Waals surface area contributed by atoms with Gasteiger partial charge in [0.15, 0.2) is 5.75 Å². The third-order valence-electron chi connectivity index (χ3n) is 15.4. The van der Waals surface area contributed by atoms with Crippen LogP contribution in [0.5, 0.6) is 23.0 Å². The van der Waals surface area contributed by atoms with Crippen molar-refractivity contribution >= 4 is 51.2 Å². The van der Waals surface area contributed by atoms with Crippen LogP contribution < -0.4 is 52.0 Å². The predicted octanol–water partition coefficient (Wildman–Crippen LogP) is 7.75. The number of nitrogens with zero attached hydrogens (tertiary/aromatic N) is 8. The average molecular weight is 1150 g/mol. The Morgan fingerprint density at radius 3 is 2.17 bits per heavy atom. The van der Waals surface area contributed by atoms with Crippen molar-refractivity contribution in [1.82, 2.24) is 54.6 Å². The Balaban J connectivity index is 0.660. The first kappa shape index (κ1) is 61.9. The number of carbonyl (C=O) groups is 3.